The fourth-order valence-corrected chi connectivity index (χ4v) is 1.65. The van der Waals surface area contributed by atoms with Crippen LogP contribution in [0.25, 0.3) is 0 Å². The van der Waals surface area contributed by atoms with E-state index >= 15 is 0 Å². The first-order valence-electron chi connectivity index (χ1n) is 6.28. The summed E-state index contributed by atoms with van der Waals surface area (Å²) in [7, 11) is 1.80. The molecule has 0 aliphatic rings. The Morgan fingerprint density at radius 2 is 1.53 bits per heavy atom. The zero-order valence-corrected chi connectivity index (χ0v) is 10.8. The van der Waals surface area contributed by atoms with Gasteiger partial charge in [0.05, 0.1) is 5.60 Å². The molecule has 0 amide bonds. The van der Waals surface area contributed by atoms with Crippen LogP contribution in [0.3, 0.4) is 0 Å². The number of hydrogen-bond acceptors (Lipinski definition) is 1. The monoisotopic (exact) mass is 212 g/mol. The van der Waals surface area contributed by atoms with Gasteiger partial charge in [-0.05, 0) is 33.1 Å². The lowest BCUT2D eigenvalue weighted by atomic mass is 9.99. The highest BCUT2D eigenvalue weighted by atomic mass is 16.5. The van der Waals surface area contributed by atoms with E-state index in [1.165, 1.54) is 51.4 Å². The maximum absolute atomic E-state index is 5.39. The fraction of sp³-hybridized carbons (Fsp3) is 0.857. The minimum absolute atomic E-state index is 0.0723. The first-order valence-corrected chi connectivity index (χ1v) is 6.28. The Bertz CT molecular complexity index is 149. The van der Waals surface area contributed by atoms with E-state index in [1.807, 2.05) is 6.08 Å². The van der Waals surface area contributed by atoms with Gasteiger partial charge in [-0.15, -0.1) is 6.58 Å². The van der Waals surface area contributed by atoms with Crippen molar-refractivity contribution in [3.8, 4) is 0 Å². The van der Waals surface area contributed by atoms with Gasteiger partial charge < -0.3 is 4.74 Å². The molecule has 0 aromatic carbocycles. The van der Waals surface area contributed by atoms with Crippen molar-refractivity contribution in [1.82, 2.24) is 0 Å². The van der Waals surface area contributed by atoms with Crippen LogP contribution in [0.5, 0.6) is 0 Å². The summed E-state index contributed by atoms with van der Waals surface area (Å²) in [6, 6.07) is 0. The number of rotatable bonds is 10. The third-order valence-corrected chi connectivity index (χ3v) is 2.99. The van der Waals surface area contributed by atoms with Gasteiger partial charge in [0.2, 0.25) is 0 Å². The zero-order valence-electron chi connectivity index (χ0n) is 10.8. The first kappa shape index (κ1) is 14.7. The van der Waals surface area contributed by atoms with Crippen molar-refractivity contribution in [1.29, 1.82) is 0 Å². The maximum atomic E-state index is 5.39. The normalized spacial score (nSPS) is 11.7. The van der Waals surface area contributed by atoms with Crippen LogP contribution < -0.4 is 0 Å². The van der Waals surface area contributed by atoms with Gasteiger partial charge in [0.25, 0.3) is 0 Å². The smallest absolute Gasteiger partial charge is 0.0622 e. The maximum Gasteiger partial charge on any atom is 0.0622 e. The largest absolute Gasteiger partial charge is 0.379 e. The molecule has 1 nitrogen and oxygen atoms in total. The number of unbranched alkanes of at least 4 members (excludes halogenated alkanes) is 6. The molecule has 0 aromatic heterocycles. The Kier molecular flexibility index (Phi) is 8.79. The molecule has 0 aliphatic heterocycles. The van der Waals surface area contributed by atoms with E-state index in [-0.39, 0.29) is 5.60 Å². The van der Waals surface area contributed by atoms with Crippen LogP contribution in [0.15, 0.2) is 12.7 Å². The van der Waals surface area contributed by atoms with E-state index in [0.29, 0.717) is 0 Å². The minimum atomic E-state index is 0.0723. The summed E-state index contributed by atoms with van der Waals surface area (Å²) in [5.41, 5.74) is 0.0723. The van der Waals surface area contributed by atoms with Gasteiger partial charge in [-0.25, -0.2) is 0 Å². The van der Waals surface area contributed by atoms with E-state index in [1.54, 1.807) is 7.11 Å². The lowest BCUT2D eigenvalue weighted by molar-refractivity contribution is 0.0134. The summed E-state index contributed by atoms with van der Waals surface area (Å²) in [4.78, 5) is 0. The molecular weight excluding hydrogens is 184 g/mol. The Morgan fingerprint density at radius 3 is 2.07 bits per heavy atom. The molecule has 0 bridgehead atoms. The number of methoxy groups -OCH3 is 1. The fourth-order valence-electron chi connectivity index (χ4n) is 1.65. The van der Waals surface area contributed by atoms with E-state index in [2.05, 4.69) is 20.4 Å². The lowest BCUT2D eigenvalue weighted by Crippen LogP contribution is -2.21. The van der Waals surface area contributed by atoms with Crippen LogP contribution in [-0.2, 0) is 4.74 Å². The molecule has 0 rings (SSSR count). The summed E-state index contributed by atoms with van der Waals surface area (Å²) in [5.74, 6) is 0. The summed E-state index contributed by atoms with van der Waals surface area (Å²) >= 11 is 0. The molecule has 0 spiro atoms. The lowest BCUT2D eigenvalue weighted by Gasteiger charge is -2.22. The molecule has 0 radical (unpaired) electrons. The van der Waals surface area contributed by atoms with Crippen molar-refractivity contribution in [2.45, 2.75) is 70.8 Å². The average molecular weight is 212 g/mol. The SMILES string of the molecule is C=CCCCCCCCCC(C)(C)OC. The van der Waals surface area contributed by atoms with Crippen molar-refractivity contribution in [3.63, 3.8) is 0 Å². The Balaban J connectivity index is 3.14. The van der Waals surface area contributed by atoms with Crippen molar-refractivity contribution in [3.05, 3.63) is 12.7 Å². The highest BCUT2D eigenvalue weighted by Crippen LogP contribution is 2.18. The third-order valence-electron chi connectivity index (χ3n) is 2.99. The van der Waals surface area contributed by atoms with Gasteiger partial charge in [0.15, 0.2) is 0 Å². The van der Waals surface area contributed by atoms with Crippen LogP contribution in [0.4, 0.5) is 0 Å². The van der Waals surface area contributed by atoms with Gasteiger partial charge in [-0.2, -0.15) is 0 Å². The Hall–Kier alpha value is -0.300. The second-order valence-corrected chi connectivity index (χ2v) is 4.91. The summed E-state index contributed by atoms with van der Waals surface area (Å²) in [5, 5.41) is 0. The van der Waals surface area contributed by atoms with Crippen molar-refractivity contribution >= 4 is 0 Å². The number of ether oxygens (including phenoxy) is 1. The second kappa shape index (κ2) is 8.96. The van der Waals surface area contributed by atoms with Gasteiger partial charge in [0.1, 0.15) is 0 Å². The summed E-state index contributed by atoms with van der Waals surface area (Å²) in [6.07, 6.45) is 12.4. The molecule has 15 heavy (non-hydrogen) atoms. The van der Waals surface area contributed by atoms with Crippen LogP contribution >= 0.6 is 0 Å². The van der Waals surface area contributed by atoms with E-state index in [9.17, 15) is 0 Å². The summed E-state index contributed by atoms with van der Waals surface area (Å²) in [6.45, 7) is 8.06. The topological polar surface area (TPSA) is 9.23 Å². The molecule has 0 atom stereocenters. The molecule has 0 N–H and O–H groups in total. The summed E-state index contributed by atoms with van der Waals surface area (Å²) < 4.78 is 5.39. The van der Waals surface area contributed by atoms with Crippen molar-refractivity contribution < 1.29 is 4.74 Å². The van der Waals surface area contributed by atoms with Crippen LogP contribution in [-0.4, -0.2) is 12.7 Å². The minimum Gasteiger partial charge on any atom is -0.379 e. The zero-order chi connectivity index (χ0) is 11.6. The van der Waals surface area contributed by atoms with E-state index in [4.69, 9.17) is 4.74 Å². The van der Waals surface area contributed by atoms with Gasteiger partial charge >= 0.3 is 0 Å². The Labute approximate surface area is 95.9 Å². The predicted octanol–water partition coefficient (Wildman–Crippen LogP) is 4.72. The molecule has 0 saturated heterocycles. The van der Waals surface area contributed by atoms with Gasteiger partial charge in [-0.1, -0.05) is 38.2 Å². The third kappa shape index (κ3) is 9.99. The quantitative estimate of drug-likeness (QED) is 0.376. The molecule has 0 saturated carbocycles. The van der Waals surface area contributed by atoms with Gasteiger partial charge in [-0.3, -0.25) is 0 Å². The van der Waals surface area contributed by atoms with E-state index < -0.39 is 0 Å². The van der Waals surface area contributed by atoms with Crippen molar-refractivity contribution in [2.75, 3.05) is 7.11 Å². The standard InChI is InChI=1S/C14H28O/c1-5-6-7-8-9-10-11-12-13-14(2,3)15-4/h5H,1,6-13H2,2-4H3. The molecule has 0 unspecified atom stereocenters. The molecule has 0 aliphatic carbocycles. The molecule has 0 fully saturated rings. The molecule has 1 heteroatoms. The highest BCUT2D eigenvalue weighted by Gasteiger charge is 2.14. The van der Waals surface area contributed by atoms with Crippen LogP contribution in [0.1, 0.15) is 65.2 Å². The average Bonchev–Trinajstić information content (AvgIpc) is 2.22. The molecule has 0 aromatic rings. The van der Waals surface area contributed by atoms with Crippen LogP contribution in [0, 0.1) is 0 Å². The first-order chi connectivity index (χ1) is 7.12. The number of allylic oxidation sites excluding steroid dienone is 1. The molecule has 90 valence electrons. The van der Waals surface area contributed by atoms with Crippen LogP contribution in [0.2, 0.25) is 0 Å². The molecular formula is C14H28O. The Morgan fingerprint density at radius 1 is 1.00 bits per heavy atom. The van der Waals surface area contributed by atoms with Gasteiger partial charge in [0, 0.05) is 7.11 Å². The highest BCUT2D eigenvalue weighted by molar-refractivity contribution is 4.67. The second-order valence-electron chi connectivity index (χ2n) is 4.91. The number of hydrogen-bond donors (Lipinski definition) is 0. The van der Waals surface area contributed by atoms with Crippen molar-refractivity contribution in [2.24, 2.45) is 0 Å². The predicted molar refractivity (Wildman–Crippen MR) is 68.2 cm³/mol. The van der Waals surface area contributed by atoms with E-state index in [0.717, 1.165) is 0 Å². The molecule has 0 heterocycles.